The third-order valence-electron chi connectivity index (χ3n) is 4.50. The Balaban J connectivity index is 2.12. The fraction of sp³-hybridized carbons (Fsp3) is 0.647. The monoisotopic (exact) mass is 365 g/mol. The summed E-state index contributed by atoms with van der Waals surface area (Å²) in [6.07, 6.45) is 1.95. The van der Waals surface area contributed by atoms with Crippen molar-refractivity contribution in [1.82, 2.24) is 25.1 Å². The summed E-state index contributed by atoms with van der Waals surface area (Å²) in [5.74, 6) is -0.498. The SMILES string of the molecule is CCN(CC)C(=O)[C@@H]1C[C@H](NC(=O)c2ncc(C)[nH]2)CN1C(=O)COC. The van der Waals surface area contributed by atoms with E-state index >= 15 is 0 Å². The van der Waals surface area contributed by atoms with E-state index < -0.39 is 6.04 Å². The number of ether oxygens (including phenoxy) is 1. The van der Waals surface area contributed by atoms with Gasteiger partial charge in [-0.25, -0.2) is 4.98 Å². The minimum absolute atomic E-state index is 0.0971. The van der Waals surface area contributed by atoms with E-state index in [9.17, 15) is 14.4 Å². The van der Waals surface area contributed by atoms with Crippen LogP contribution in [-0.4, -0.2) is 82.9 Å². The summed E-state index contributed by atoms with van der Waals surface area (Å²) in [4.78, 5) is 47.5. The molecule has 2 N–H and O–H groups in total. The van der Waals surface area contributed by atoms with Gasteiger partial charge in [0.25, 0.3) is 5.91 Å². The van der Waals surface area contributed by atoms with Crippen molar-refractivity contribution in [3.63, 3.8) is 0 Å². The van der Waals surface area contributed by atoms with E-state index in [2.05, 4.69) is 15.3 Å². The number of hydrogen-bond donors (Lipinski definition) is 2. The van der Waals surface area contributed by atoms with Gasteiger partial charge in [-0.1, -0.05) is 0 Å². The lowest BCUT2D eigenvalue weighted by Gasteiger charge is -2.28. The van der Waals surface area contributed by atoms with Crippen molar-refractivity contribution < 1.29 is 19.1 Å². The summed E-state index contributed by atoms with van der Waals surface area (Å²) < 4.78 is 4.93. The van der Waals surface area contributed by atoms with Gasteiger partial charge in [-0.2, -0.15) is 0 Å². The number of rotatable bonds is 7. The van der Waals surface area contributed by atoms with Crippen LogP contribution in [-0.2, 0) is 14.3 Å². The predicted octanol–water partition coefficient (Wildman–Crippen LogP) is -0.0678. The molecule has 0 bridgehead atoms. The van der Waals surface area contributed by atoms with Gasteiger partial charge >= 0.3 is 0 Å². The van der Waals surface area contributed by atoms with Crippen LogP contribution in [0.1, 0.15) is 36.6 Å². The maximum Gasteiger partial charge on any atom is 0.287 e. The number of carbonyl (C=O) groups excluding carboxylic acids is 3. The first-order chi connectivity index (χ1) is 12.4. The number of aromatic amines is 1. The van der Waals surface area contributed by atoms with Crippen molar-refractivity contribution in [2.75, 3.05) is 33.4 Å². The van der Waals surface area contributed by atoms with Gasteiger partial charge < -0.3 is 24.8 Å². The van der Waals surface area contributed by atoms with Crippen molar-refractivity contribution in [3.8, 4) is 0 Å². The third kappa shape index (κ3) is 4.40. The second kappa shape index (κ2) is 8.79. The number of aryl methyl sites for hydroxylation is 1. The first kappa shape index (κ1) is 19.9. The number of imidazole rings is 1. The number of H-pyrrole nitrogens is 1. The highest BCUT2D eigenvalue weighted by molar-refractivity contribution is 5.92. The summed E-state index contributed by atoms with van der Waals surface area (Å²) in [5.41, 5.74) is 0.785. The van der Waals surface area contributed by atoms with E-state index in [0.717, 1.165) is 5.69 Å². The average Bonchev–Trinajstić information content (AvgIpc) is 3.22. The lowest BCUT2D eigenvalue weighted by atomic mass is 10.1. The van der Waals surface area contributed by atoms with Crippen LogP contribution >= 0.6 is 0 Å². The first-order valence-electron chi connectivity index (χ1n) is 8.80. The van der Waals surface area contributed by atoms with E-state index in [1.165, 1.54) is 12.0 Å². The molecule has 1 fully saturated rings. The Morgan fingerprint density at radius 3 is 2.62 bits per heavy atom. The van der Waals surface area contributed by atoms with Gasteiger partial charge in [-0.15, -0.1) is 0 Å². The number of nitrogens with zero attached hydrogens (tertiary/aromatic N) is 3. The molecule has 1 aliphatic heterocycles. The summed E-state index contributed by atoms with van der Waals surface area (Å²) in [5, 5.41) is 2.86. The fourth-order valence-electron chi connectivity index (χ4n) is 3.18. The highest BCUT2D eigenvalue weighted by Crippen LogP contribution is 2.21. The topological polar surface area (TPSA) is 108 Å². The number of amides is 3. The molecule has 144 valence electrons. The molecule has 9 nitrogen and oxygen atoms in total. The largest absolute Gasteiger partial charge is 0.375 e. The molecule has 1 aliphatic rings. The maximum absolute atomic E-state index is 12.8. The molecular formula is C17H27N5O4. The van der Waals surface area contributed by atoms with E-state index in [4.69, 9.17) is 4.74 Å². The van der Waals surface area contributed by atoms with Crippen molar-refractivity contribution in [3.05, 3.63) is 17.7 Å². The van der Waals surface area contributed by atoms with Crippen LogP contribution in [0.3, 0.4) is 0 Å². The van der Waals surface area contributed by atoms with Gasteiger partial charge in [0.2, 0.25) is 11.8 Å². The molecule has 0 unspecified atom stereocenters. The van der Waals surface area contributed by atoms with Crippen molar-refractivity contribution in [2.24, 2.45) is 0 Å². The summed E-state index contributed by atoms with van der Waals surface area (Å²) in [7, 11) is 1.44. The number of hydrogen-bond acceptors (Lipinski definition) is 5. The standard InChI is InChI=1S/C17H27N5O4/c1-5-21(6-2)17(25)13-7-12(9-22(13)14(23)10-26-4)20-16(24)15-18-8-11(3)19-15/h8,12-13H,5-7,9-10H2,1-4H3,(H,18,19)(H,20,24)/t12-,13-/m0/s1. The molecule has 0 aliphatic carbocycles. The summed E-state index contributed by atoms with van der Waals surface area (Å²) >= 11 is 0. The smallest absolute Gasteiger partial charge is 0.287 e. The molecule has 0 spiro atoms. The number of carbonyl (C=O) groups is 3. The van der Waals surface area contributed by atoms with Crippen LogP contribution < -0.4 is 5.32 Å². The van der Waals surface area contributed by atoms with Crippen LogP contribution in [0, 0.1) is 6.92 Å². The molecule has 2 atom stereocenters. The lowest BCUT2D eigenvalue weighted by molar-refractivity contribution is -0.145. The van der Waals surface area contributed by atoms with Gasteiger partial charge in [-0.3, -0.25) is 14.4 Å². The van der Waals surface area contributed by atoms with Gasteiger partial charge in [0.1, 0.15) is 12.6 Å². The zero-order valence-electron chi connectivity index (χ0n) is 15.7. The van der Waals surface area contributed by atoms with Crippen LogP contribution in [0.2, 0.25) is 0 Å². The Kier molecular flexibility index (Phi) is 6.73. The number of likely N-dealkylation sites (N-methyl/N-ethyl adjacent to an activating group) is 1. The minimum atomic E-state index is -0.596. The Morgan fingerprint density at radius 1 is 1.38 bits per heavy atom. The van der Waals surface area contributed by atoms with E-state index in [0.29, 0.717) is 19.5 Å². The number of methoxy groups -OCH3 is 1. The zero-order valence-corrected chi connectivity index (χ0v) is 15.7. The Bertz CT molecular complexity index is 655. The van der Waals surface area contributed by atoms with E-state index in [1.807, 2.05) is 20.8 Å². The van der Waals surface area contributed by atoms with Crippen LogP contribution in [0.4, 0.5) is 0 Å². The molecule has 1 saturated heterocycles. The molecule has 1 aromatic heterocycles. The molecule has 1 aromatic rings. The summed E-state index contributed by atoms with van der Waals surface area (Å²) in [6, 6.07) is -0.917. The molecule has 0 radical (unpaired) electrons. The quantitative estimate of drug-likeness (QED) is 0.703. The molecule has 9 heteroatoms. The van der Waals surface area contributed by atoms with Gasteiger partial charge in [-0.05, 0) is 27.2 Å². The second-order valence-electron chi connectivity index (χ2n) is 6.33. The maximum atomic E-state index is 12.8. The number of nitrogens with one attached hydrogen (secondary N) is 2. The van der Waals surface area contributed by atoms with E-state index in [-0.39, 0.29) is 42.7 Å². The van der Waals surface area contributed by atoms with Gasteiger partial charge in [0, 0.05) is 44.7 Å². The van der Waals surface area contributed by atoms with Crippen molar-refractivity contribution >= 4 is 17.7 Å². The van der Waals surface area contributed by atoms with Crippen LogP contribution in [0.15, 0.2) is 6.20 Å². The van der Waals surface area contributed by atoms with Crippen molar-refractivity contribution in [2.45, 2.75) is 39.3 Å². The zero-order chi connectivity index (χ0) is 19.3. The fourth-order valence-corrected chi connectivity index (χ4v) is 3.18. The van der Waals surface area contributed by atoms with Gasteiger partial charge in [0.05, 0.1) is 0 Å². The van der Waals surface area contributed by atoms with Crippen LogP contribution in [0.5, 0.6) is 0 Å². The highest BCUT2D eigenvalue weighted by atomic mass is 16.5. The van der Waals surface area contributed by atoms with Crippen molar-refractivity contribution in [1.29, 1.82) is 0 Å². The number of aromatic nitrogens is 2. The van der Waals surface area contributed by atoms with Crippen LogP contribution in [0.25, 0.3) is 0 Å². The number of likely N-dealkylation sites (tertiary alicyclic amines) is 1. The second-order valence-corrected chi connectivity index (χ2v) is 6.33. The average molecular weight is 365 g/mol. The normalized spacial score (nSPS) is 19.5. The minimum Gasteiger partial charge on any atom is -0.375 e. The molecule has 2 heterocycles. The molecule has 0 aromatic carbocycles. The molecular weight excluding hydrogens is 338 g/mol. The predicted molar refractivity (Wildman–Crippen MR) is 94.5 cm³/mol. The highest BCUT2D eigenvalue weighted by Gasteiger charge is 2.41. The summed E-state index contributed by atoms with van der Waals surface area (Å²) in [6.45, 7) is 6.92. The molecule has 26 heavy (non-hydrogen) atoms. The molecule has 3 amide bonds. The Hall–Kier alpha value is -2.42. The Morgan fingerprint density at radius 2 is 2.08 bits per heavy atom. The van der Waals surface area contributed by atoms with E-state index in [1.54, 1.807) is 11.1 Å². The first-order valence-corrected chi connectivity index (χ1v) is 8.80. The lowest BCUT2D eigenvalue weighted by Crippen LogP contribution is -2.48. The molecule has 0 saturated carbocycles. The molecule has 2 rings (SSSR count). The Labute approximate surface area is 153 Å². The third-order valence-corrected chi connectivity index (χ3v) is 4.50. The van der Waals surface area contributed by atoms with Gasteiger partial charge in [0.15, 0.2) is 5.82 Å².